The standard InChI is InChI=1S/C16H25N3O2/c1-13-17-5-2-15(18-13)10-14-11-19(6-9-21-12-14)16-3-7-20-8-4-16/h2,5,14,16H,3-4,6-12H2,1H3/t14-/m0/s1. The molecule has 0 N–H and O–H groups in total. The van der Waals surface area contributed by atoms with Crippen LogP contribution in [-0.4, -0.2) is 60.4 Å². The molecule has 21 heavy (non-hydrogen) atoms. The van der Waals surface area contributed by atoms with Crippen LogP contribution in [0.1, 0.15) is 24.4 Å². The van der Waals surface area contributed by atoms with Gasteiger partial charge in [-0.15, -0.1) is 0 Å². The highest BCUT2D eigenvalue weighted by Crippen LogP contribution is 2.19. The van der Waals surface area contributed by atoms with Gasteiger partial charge in [0.25, 0.3) is 0 Å². The highest BCUT2D eigenvalue weighted by molar-refractivity contribution is 5.03. The van der Waals surface area contributed by atoms with Crippen molar-refractivity contribution < 1.29 is 9.47 Å². The topological polar surface area (TPSA) is 47.5 Å². The summed E-state index contributed by atoms with van der Waals surface area (Å²) in [6, 6.07) is 2.69. The molecular formula is C16H25N3O2. The molecule has 0 saturated carbocycles. The lowest BCUT2D eigenvalue weighted by molar-refractivity contribution is 0.0308. The van der Waals surface area contributed by atoms with Gasteiger partial charge < -0.3 is 9.47 Å². The highest BCUT2D eigenvalue weighted by Gasteiger charge is 2.26. The first kappa shape index (κ1) is 14.9. The highest BCUT2D eigenvalue weighted by atomic mass is 16.5. The summed E-state index contributed by atoms with van der Waals surface area (Å²) in [6.45, 7) is 7.58. The second-order valence-electron chi connectivity index (χ2n) is 6.08. The molecular weight excluding hydrogens is 266 g/mol. The molecule has 2 aliphatic rings. The fraction of sp³-hybridized carbons (Fsp3) is 0.750. The van der Waals surface area contributed by atoms with Crippen molar-refractivity contribution in [3.8, 4) is 0 Å². The predicted molar refractivity (Wildman–Crippen MR) is 80.2 cm³/mol. The Kier molecular flexibility index (Phi) is 5.17. The number of hydrogen-bond donors (Lipinski definition) is 0. The summed E-state index contributed by atoms with van der Waals surface area (Å²) in [5, 5.41) is 0. The van der Waals surface area contributed by atoms with Crippen LogP contribution < -0.4 is 0 Å². The van der Waals surface area contributed by atoms with E-state index in [0.717, 1.165) is 70.3 Å². The van der Waals surface area contributed by atoms with E-state index in [4.69, 9.17) is 9.47 Å². The Bertz CT molecular complexity index is 449. The molecule has 2 fully saturated rings. The summed E-state index contributed by atoms with van der Waals surface area (Å²) in [5.41, 5.74) is 1.13. The SMILES string of the molecule is Cc1nccc(C[C@@H]2COCCN(C3CCOCC3)C2)n1. The van der Waals surface area contributed by atoms with Crippen molar-refractivity contribution in [2.24, 2.45) is 5.92 Å². The van der Waals surface area contributed by atoms with Crippen molar-refractivity contribution in [2.75, 3.05) is 39.5 Å². The second kappa shape index (κ2) is 7.29. The number of aromatic nitrogens is 2. The molecule has 2 aliphatic heterocycles. The van der Waals surface area contributed by atoms with Crippen LogP contribution in [-0.2, 0) is 15.9 Å². The molecule has 3 heterocycles. The van der Waals surface area contributed by atoms with Gasteiger partial charge in [-0.3, -0.25) is 4.90 Å². The Morgan fingerprint density at radius 1 is 1.24 bits per heavy atom. The van der Waals surface area contributed by atoms with Crippen LogP contribution in [0.4, 0.5) is 0 Å². The van der Waals surface area contributed by atoms with E-state index in [2.05, 4.69) is 14.9 Å². The number of hydrogen-bond acceptors (Lipinski definition) is 5. The number of aryl methyl sites for hydroxylation is 1. The largest absolute Gasteiger partial charge is 0.381 e. The lowest BCUT2D eigenvalue weighted by atomic mass is 10.0. The maximum Gasteiger partial charge on any atom is 0.125 e. The van der Waals surface area contributed by atoms with Crippen molar-refractivity contribution in [2.45, 2.75) is 32.2 Å². The molecule has 0 radical (unpaired) electrons. The normalized spacial score (nSPS) is 25.7. The Hall–Kier alpha value is -1.04. The van der Waals surface area contributed by atoms with Crippen molar-refractivity contribution >= 4 is 0 Å². The Morgan fingerprint density at radius 3 is 2.90 bits per heavy atom. The van der Waals surface area contributed by atoms with E-state index in [-0.39, 0.29) is 0 Å². The van der Waals surface area contributed by atoms with Gasteiger partial charge in [0, 0.05) is 50.2 Å². The van der Waals surface area contributed by atoms with Crippen LogP contribution in [0.5, 0.6) is 0 Å². The van der Waals surface area contributed by atoms with Crippen LogP contribution >= 0.6 is 0 Å². The van der Waals surface area contributed by atoms with Gasteiger partial charge in [-0.1, -0.05) is 0 Å². The van der Waals surface area contributed by atoms with Gasteiger partial charge in [-0.05, 0) is 32.3 Å². The van der Waals surface area contributed by atoms with E-state index in [0.29, 0.717) is 12.0 Å². The summed E-state index contributed by atoms with van der Waals surface area (Å²) in [6.07, 6.45) is 5.13. The van der Waals surface area contributed by atoms with Gasteiger partial charge in [-0.2, -0.15) is 0 Å². The van der Waals surface area contributed by atoms with Crippen LogP contribution in [0.15, 0.2) is 12.3 Å². The Morgan fingerprint density at radius 2 is 2.10 bits per heavy atom. The fourth-order valence-electron chi connectivity index (χ4n) is 3.33. The maximum atomic E-state index is 5.81. The summed E-state index contributed by atoms with van der Waals surface area (Å²) in [7, 11) is 0. The third-order valence-corrected chi connectivity index (χ3v) is 4.41. The number of nitrogens with zero attached hydrogens (tertiary/aromatic N) is 3. The minimum atomic E-state index is 0.518. The third-order valence-electron chi connectivity index (χ3n) is 4.41. The first-order valence-electron chi connectivity index (χ1n) is 7.99. The maximum absolute atomic E-state index is 5.81. The van der Waals surface area contributed by atoms with Gasteiger partial charge >= 0.3 is 0 Å². The van der Waals surface area contributed by atoms with E-state index < -0.39 is 0 Å². The zero-order valence-corrected chi connectivity index (χ0v) is 12.8. The quantitative estimate of drug-likeness (QED) is 0.843. The van der Waals surface area contributed by atoms with E-state index in [1.807, 2.05) is 19.2 Å². The smallest absolute Gasteiger partial charge is 0.125 e. The van der Waals surface area contributed by atoms with E-state index in [1.54, 1.807) is 0 Å². The molecule has 5 nitrogen and oxygen atoms in total. The number of ether oxygens (including phenoxy) is 2. The molecule has 0 aliphatic carbocycles. The zero-order chi connectivity index (χ0) is 14.5. The second-order valence-corrected chi connectivity index (χ2v) is 6.08. The van der Waals surface area contributed by atoms with Crippen molar-refractivity contribution in [1.82, 2.24) is 14.9 Å². The van der Waals surface area contributed by atoms with Gasteiger partial charge in [0.2, 0.25) is 0 Å². The summed E-state index contributed by atoms with van der Waals surface area (Å²) >= 11 is 0. The van der Waals surface area contributed by atoms with Crippen molar-refractivity contribution in [3.63, 3.8) is 0 Å². The summed E-state index contributed by atoms with van der Waals surface area (Å²) in [4.78, 5) is 11.3. The average molecular weight is 291 g/mol. The summed E-state index contributed by atoms with van der Waals surface area (Å²) < 4.78 is 11.3. The van der Waals surface area contributed by atoms with Crippen LogP contribution in [0.25, 0.3) is 0 Å². The molecule has 116 valence electrons. The van der Waals surface area contributed by atoms with Crippen LogP contribution in [0.3, 0.4) is 0 Å². The molecule has 0 unspecified atom stereocenters. The average Bonchev–Trinajstić information content (AvgIpc) is 2.74. The first-order valence-corrected chi connectivity index (χ1v) is 7.99. The fourth-order valence-corrected chi connectivity index (χ4v) is 3.33. The monoisotopic (exact) mass is 291 g/mol. The molecule has 0 amide bonds. The van der Waals surface area contributed by atoms with Gasteiger partial charge in [-0.25, -0.2) is 9.97 Å². The zero-order valence-electron chi connectivity index (χ0n) is 12.8. The molecule has 1 atom stereocenters. The van der Waals surface area contributed by atoms with E-state index >= 15 is 0 Å². The number of rotatable bonds is 3. The predicted octanol–water partition coefficient (Wildman–Crippen LogP) is 1.45. The third kappa shape index (κ3) is 4.22. The minimum absolute atomic E-state index is 0.518. The molecule has 0 aromatic carbocycles. The van der Waals surface area contributed by atoms with E-state index in [9.17, 15) is 0 Å². The van der Waals surface area contributed by atoms with Crippen LogP contribution in [0.2, 0.25) is 0 Å². The van der Waals surface area contributed by atoms with Crippen molar-refractivity contribution in [1.29, 1.82) is 0 Å². The van der Waals surface area contributed by atoms with Gasteiger partial charge in [0.1, 0.15) is 5.82 Å². The molecule has 1 aromatic rings. The Labute approximate surface area is 126 Å². The first-order chi connectivity index (χ1) is 10.3. The molecule has 2 saturated heterocycles. The van der Waals surface area contributed by atoms with Crippen LogP contribution in [0, 0.1) is 12.8 Å². The molecule has 3 rings (SSSR count). The van der Waals surface area contributed by atoms with Gasteiger partial charge in [0.05, 0.1) is 13.2 Å². The van der Waals surface area contributed by atoms with Gasteiger partial charge in [0.15, 0.2) is 0 Å². The molecule has 0 bridgehead atoms. The minimum Gasteiger partial charge on any atom is -0.381 e. The Balaban J connectivity index is 1.61. The van der Waals surface area contributed by atoms with E-state index in [1.165, 1.54) is 0 Å². The van der Waals surface area contributed by atoms with Crippen molar-refractivity contribution in [3.05, 3.63) is 23.8 Å². The molecule has 0 spiro atoms. The lowest BCUT2D eigenvalue weighted by Crippen LogP contribution is -2.42. The molecule has 1 aromatic heterocycles. The summed E-state index contributed by atoms with van der Waals surface area (Å²) in [5.74, 6) is 1.37. The lowest BCUT2D eigenvalue weighted by Gasteiger charge is -2.34. The molecule has 5 heteroatoms.